The van der Waals surface area contributed by atoms with Crippen LogP contribution >= 0.6 is 0 Å². The quantitative estimate of drug-likeness (QED) is 0.610. The van der Waals surface area contributed by atoms with Crippen LogP contribution in [0.5, 0.6) is 0 Å². The van der Waals surface area contributed by atoms with Crippen molar-refractivity contribution in [2.45, 2.75) is 19.8 Å². The van der Waals surface area contributed by atoms with E-state index < -0.39 is 0 Å². The number of imide groups is 1. The molecular weight excluding hydrogens is 250 g/mol. The first-order chi connectivity index (χ1) is 9.72. The summed E-state index contributed by atoms with van der Waals surface area (Å²) in [5.74, 6) is 0.362. The van der Waals surface area contributed by atoms with E-state index in [2.05, 4.69) is 19.1 Å². The highest BCUT2D eigenvalue weighted by atomic mass is 16.2. The van der Waals surface area contributed by atoms with Crippen molar-refractivity contribution in [3.8, 4) is 0 Å². The van der Waals surface area contributed by atoms with Gasteiger partial charge in [-0.3, -0.25) is 9.59 Å². The topological polar surface area (TPSA) is 37.4 Å². The van der Waals surface area contributed by atoms with E-state index >= 15 is 0 Å². The third-order valence-electron chi connectivity index (χ3n) is 5.08. The van der Waals surface area contributed by atoms with Crippen molar-refractivity contribution in [2.75, 3.05) is 4.90 Å². The number of benzene rings is 1. The summed E-state index contributed by atoms with van der Waals surface area (Å²) in [6, 6.07) is 7.75. The Morgan fingerprint density at radius 1 is 1.05 bits per heavy atom. The molecule has 3 heteroatoms. The number of amides is 2. The van der Waals surface area contributed by atoms with E-state index in [0.29, 0.717) is 0 Å². The SMILES string of the molecule is CCc1ccccc1N1C(=O)[C@H]2[C@H](C1=O)[C@H]1C=C[C@H]2C1. The van der Waals surface area contributed by atoms with Gasteiger partial charge in [0.1, 0.15) is 0 Å². The van der Waals surface area contributed by atoms with E-state index in [1.165, 1.54) is 4.90 Å². The Balaban J connectivity index is 1.78. The molecule has 1 aliphatic heterocycles. The van der Waals surface area contributed by atoms with Gasteiger partial charge in [-0.2, -0.15) is 0 Å². The Kier molecular flexibility index (Phi) is 2.40. The standard InChI is InChI=1S/C17H17NO2/c1-2-10-5-3-4-6-13(10)18-16(19)14-11-7-8-12(9-11)15(14)17(18)20/h3-8,11-12,14-15H,2,9H2,1H3/t11-,12-,14+,15+/m0/s1. The molecule has 2 amide bonds. The van der Waals surface area contributed by atoms with Crippen LogP contribution in [0.3, 0.4) is 0 Å². The zero-order valence-corrected chi connectivity index (χ0v) is 11.5. The lowest BCUT2D eigenvalue weighted by molar-refractivity contribution is -0.123. The molecular formula is C17H17NO2. The van der Waals surface area contributed by atoms with E-state index in [1.807, 2.05) is 24.3 Å². The van der Waals surface area contributed by atoms with E-state index in [4.69, 9.17) is 0 Å². The highest BCUT2D eigenvalue weighted by Gasteiger charge is 2.59. The molecule has 4 atom stereocenters. The molecule has 0 unspecified atom stereocenters. The van der Waals surface area contributed by atoms with Gasteiger partial charge in [0.15, 0.2) is 0 Å². The second-order valence-electron chi connectivity index (χ2n) is 5.99. The zero-order chi connectivity index (χ0) is 13.9. The molecule has 0 spiro atoms. The third kappa shape index (κ3) is 1.35. The Bertz CT molecular complexity index is 604. The van der Waals surface area contributed by atoms with E-state index in [1.54, 1.807) is 0 Å². The van der Waals surface area contributed by atoms with Crippen LogP contribution in [-0.4, -0.2) is 11.8 Å². The van der Waals surface area contributed by atoms with Gasteiger partial charge in [0.25, 0.3) is 0 Å². The first-order valence-corrected chi connectivity index (χ1v) is 7.36. The lowest BCUT2D eigenvalue weighted by Gasteiger charge is -2.20. The van der Waals surface area contributed by atoms with Gasteiger partial charge in [0, 0.05) is 0 Å². The number of para-hydroxylation sites is 1. The number of nitrogens with zero attached hydrogens (tertiary/aromatic N) is 1. The number of fused-ring (bicyclic) bond motifs is 5. The predicted octanol–water partition coefficient (Wildman–Crippen LogP) is 2.56. The number of anilines is 1. The zero-order valence-electron chi connectivity index (χ0n) is 11.5. The summed E-state index contributed by atoms with van der Waals surface area (Å²) in [5, 5.41) is 0. The van der Waals surface area contributed by atoms with Crippen molar-refractivity contribution in [2.24, 2.45) is 23.7 Å². The number of carbonyl (C=O) groups excluding carboxylic acids is 2. The molecule has 102 valence electrons. The van der Waals surface area contributed by atoms with Crippen LogP contribution in [-0.2, 0) is 16.0 Å². The summed E-state index contributed by atoms with van der Waals surface area (Å²) in [6.45, 7) is 2.05. The maximum absolute atomic E-state index is 12.7. The largest absolute Gasteiger partial charge is 0.274 e. The lowest BCUT2D eigenvalue weighted by Crippen LogP contribution is -2.33. The van der Waals surface area contributed by atoms with E-state index in [0.717, 1.165) is 24.1 Å². The molecule has 2 bridgehead atoms. The summed E-state index contributed by atoms with van der Waals surface area (Å²) < 4.78 is 0. The molecule has 1 saturated carbocycles. The predicted molar refractivity (Wildman–Crippen MR) is 76.0 cm³/mol. The first kappa shape index (κ1) is 11.9. The average molecular weight is 267 g/mol. The molecule has 3 nitrogen and oxygen atoms in total. The number of allylic oxidation sites excluding steroid dienone is 2. The van der Waals surface area contributed by atoms with Gasteiger partial charge in [-0.25, -0.2) is 4.90 Å². The van der Waals surface area contributed by atoms with Crippen LogP contribution < -0.4 is 4.90 Å². The average Bonchev–Trinajstić information content (AvgIpc) is 3.13. The molecule has 0 radical (unpaired) electrons. The third-order valence-corrected chi connectivity index (χ3v) is 5.08. The highest BCUT2D eigenvalue weighted by molar-refractivity contribution is 6.23. The van der Waals surface area contributed by atoms with Gasteiger partial charge in [-0.05, 0) is 36.3 Å². The molecule has 1 aromatic carbocycles. The van der Waals surface area contributed by atoms with Gasteiger partial charge in [-0.1, -0.05) is 37.3 Å². The molecule has 1 heterocycles. The van der Waals surface area contributed by atoms with E-state index in [-0.39, 0.29) is 35.5 Å². The second-order valence-corrected chi connectivity index (χ2v) is 5.99. The molecule has 20 heavy (non-hydrogen) atoms. The van der Waals surface area contributed by atoms with Gasteiger partial charge >= 0.3 is 0 Å². The van der Waals surface area contributed by atoms with Crippen molar-refractivity contribution >= 4 is 17.5 Å². The molecule has 1 aromatic rings. The number of hydrogen-bond acceptors (Lipinski definition) is 2. The monoisotopic (exact) mass is 267 g/mol. The van der Waals surface area contributed by atoms with Gasteiger partial charge in [0.2, 0.25) is 11.8 Å². The molecule has 1 saturated heterocycles. The van der Waals surface area contributed by atoms with E-state index in [9.17, 15) is 9.59 Å². The fourth-order valence-electron chi connectivity index (χ4n) is 4.17. The van der Waals surface area contributed by atoms with Crippen molar-refractivity contribution in [3.63, 3.8) is 0 Å². The number of hydrogen-bond donors (Lipinski definition) is 0. The van der Waals surface area contributed by atoms with Crippen LogP contribution in [0.4, 0.5) is 5.69 Å². The molecule has 0 aromatic heterocycles. The minimum absolute atomic E-state index is 0.0118. The summed E-state index contributed by atoms with van der Waals surface area (Å²) in [6.07, 6.45) is 6.07. The fraction of sp³-hybridized carbons (Fsp3) is 0.412. The smallest absolute Gasteiger partial charge is 0.238 e. The van der Waals surface area contributed by atoms with Gasteiger partial charge in [0.05, 0.1) is 17.5 Å². The maximum atomic E-state index is 12.7. The maximum Gasteiger partial charge on any atom is 0.238 e. The summed E-state index contributed by atoms with van der Waals surface area (Å²) in [5.41, 5.74) is 1.85. The van der Waals surface area contributed by atoms with Crippen LogP contribution in [0, 0.1) is 23.7 Å². The molecule has 4 rings (SSSR count). The fourth-order valence-corrected chi connectivity index (χ4v) is 4.17. The normalized spacial score (nSPS) is 34.1. The summed E-state index contributed by atoms with van der Waals surface area (Å²) in [4.78, 5) is 26.9. The first-order valence-electron chi connectivity index (χ1n) is 7.36. The number of aryl methyl sites for hydroxylation is 1. The summed E-state index contributed by atoms with van der Waals surface area (Å²) >= 11 is 0. The molecule has 0 N–H and O–H groups in total. The van der Waals surface area contributed by atoms with Crippen LogP contribution in [0.1, 0.15) is 18.9 Å². The molecule has 3 aliphatic rings. The van der Waals surface area contributed by atoms with Crippen molar-refractivity contribution in [1.29, 1.82) is 0 Å². The Morgan fingerprint density at radius 2 is 1.65 bits per heavy atom. The van der Waals surface area contributed by atoms with Crippen molar-refractivity contribution in [3.05, 3.63) is 42.0 Å². The van der Waals surface area contributed by atoms with Gasteiger partial charge < -0.3 is 0 Å². The Hall–Kier alpha value is -1.90. The second kappa shape index (κ2) is 4.05. The minimum Gasteiger partial charge on any atom is -0.274 e. The van der Waals surface area contributed by atoms with Crippen molar-refractivity contribution in [1.82, 2.24) is 0 Å². The number of carbonyl (C=O) groups is 2. The molecule has 2 aliphatic carbocycles. The lowest BCUT2D eigenvalue weighted by atomic mass is 9.85. The Morgan fingerprint density at radius 3 is 2.25 bits per heavy atom. The van der Waals surface area contributed by atoms with Crippen LogP contribution in [0.15, 0.2) is 36.4 Å². The minimum atomic E-state index is -0.109. The van der Waals surface area contributed by atoms with Crippen LogP contribution in [0.25, 0.3) is 0 Å². The Labute approximate surface area is 118 Å². The van der Waals surface area contributed by atoms with Gasteiger partial charge in [-0.15, -0.1) is 0 Å². The summed E-state index contributed by atoms with van der Waals surface area (Å²) in [7, 11) is 0. The van der Waals surface area contributed by atoms with Crippen molar-refractivity contribution < 1.29 is 9.59 Å². The van der Waals surface area contributed by atoms with Crippen LogP contribution in [0.2, 0.25) is 0 Å². The highest BCUT2D eigenvalue weighted by Crippen LogP contribution is 2.53. The number of rotatable bonds is 2. The molecule has 2 fully saturated rings.